The van der Waals surface area contributed by atoms with Gasteiger partial charge in [-0.1, -0.05) is 48.5 Å². The first kappa shape index (κ1) is 88.0. The molecule has 12 heteroatoms. The van der Waals surface area contributed by atoms with Crippen LogP contribution in [-0.4, -0.2) is 91.4 Å². The fourth-order valence-corrected chi connectivity index (χ4v) is 22.5. The molecular weight excluding hydrogens is 1910 g/mol. The molecule has 0 fully saturated rings. The van der Waals surface area contributed by atoms with E-state index in [1.54, 1.807) is 0 Å². The number of fused-ring (bicyclic) bond motifs is 6. The first-order chi connectivity index (χ1) is 69.7. The van der Waals surface area contributed by atoms with Crippen LogP contribution in [-0.2, 0) is 0 Å². The van der Waals surface area contributed by atoms with Gasteiger partial charge in [0.2, 0.25) is 0 Å². The van der Waals surface area contributed by atoms with Gasteiger partial charge in [0, 0.05) is 0 Å². The Morgan fingerprint density at radius 3 is 0.979 bits per heavy atom. The maximum absolute atomic E-state index is 5.11. The van der Waals surface area contributed by atoms with Crippen LogP contribution in [0.1, 0.15) is 0 Å². The molecule has 0 unspecified atom stereocenters. The minimum atomic E-state index is 0.200. The van der Waals surface area contributed by atoms with Crippen molar-refractivity contribution in [3.63, 3.8) is 0 Å². The predicted octanol–water partition coefficient (Wildman–Crippen LogP) is 29.8. The van der Waals surface area contributed by atoms with Crippen molar-refractivity contribution >= 4 is 107 Å². The molecular formula is C129H85N9Se3. The summed E-state index contributed by atoms with van der Waals surface area (Å²) in [7, 11) is 0. The number of aromatic nitrogens is 9. The Morgan fingerprint density at radius 1 is 0.149 bits per heavy atom. The zero-order valence-corrected chi connectivity index (χ0v) is 81.7. The summed E-state index contributed by atoms with van der Waals surface area (Å²) < 4.78 is 4.98. The van der Waals surface area contributed by atoms with Crippen LogP contribution >= 0.6 is 0 Å². The molecule has 4 heterocycles. The number of hydrogen-bond donors (Lipinski definition) is 0. The number of benzene rings is 21. The van der Waals surface area contributed by atoms with Crippen molar-refractivity contribution in [1.29, 1.82) is 0 Å². The van der Waals surface area contributed by atoms with Crippen molar-refractivity contribution < 1.29 is 0 Å². The van der Waals surface area contributed by atoms with E-state index in [0.29, 0.717) is 52.4 Å². The summed E-state index contributed by atoms with van der Waals surface area (Å²) >= 11 is 5.70. The topological polar surface area (TPSA) is 116 Å². The van der Waals surface area contributed by atoms with E-state index in [0.717, 1.165) is 97.9 Å². The van der Waals surface area contributed by atoms with Gasteiger partial charge in [0.15, 0.2) is 0 Å². The quantitative estimate of drug-likeness (QED) is 0.0822. The molecule has 25 rings (SSSR count). The van der Waals surface area contributed by atoms with Gasteiger partial charge in [-0.2, -0.15) is 0 Å². The summed E-state index contributed by atoms with van der Waals surface area (Å²) in [6.07, 6.45) is 0. The second-order valence-corrected chi connectivity index (χ2v) is 38.7. The van der Waals surface area contributed by atoms with Gasteiger partial charge in [-0.05, 0) is 0 Å². The SMILES string of the molecule is [SeH]c1c(-c2cccc(-c3cc(-c4ccccc4)c4ccccc4c3)c2)cccc1-c1nc(-c2ccccc2)nc(-c2ccccc2)n1.[SeH]c1cccc(-c2nc(-c3ccccc3)nc(-c3ccc(-c4ccccc4)cc3)n2)c1-c1cccc(-c2ccc3ccccc3c2)c1.c1ccc(-c2ccc(-c3nc(-c4ccccc4)nc(-c4ccc5[se]c6c(-c7ccc8ccccc8c7)cccc6c5c4)n3)cc2)cc1. The summed E-state index contributed by atoms with van der Waals surface area (Å²) in [4.78, 5) is 45.1. The third kappa shape index (κ3) is 18.9. The minimum absolute atomic E-state index is 0.200. The number of hydrogen-bond acceptors (Lipinski definition) is 9. The molecule has 664 valence electrons. The molecule has 0 saturated carbocycles. The summed E-state index contributed by atoms with van der Waals surface area (Å²) in [6.45, 7) is 0. The molecule has 0 amide bonds. The van der Waals surface area contributed by atoms with Gasteiger partial charge < -0.3 is 0 Å². The Morgan fingerprint density at radius 2 is 0.454 bits per heavy atom. The van der Waals surface area contributed by atoms with Crippen LogP contribution in [0.5, 0.6) is 0 Å². The fourth-order valence-electron chi connectivity index (χ4n) is 18.4. The van der Waals surface area contributed by atoms with Crippen molar-refractivity contribution in [2.45, 2.75) is 0 Å². The monoisotopic (exact) mass is 2000 g/mol. The zero-order chi connectivity index (χ0) is 94.3. The summed E-state index contributed by atoms with van der Waals surface area (Å²) in [6, 6.07) is 176. The van der Waals surface area contributed by atoms with Gasteiger partial charge >= 0.3 is 798 Å². The Hall–Kier alpha value is -17.0. The normalized spacial score (nSPS) is 11.2. The Kier molecular flexibility index (Phi) is 24.9. The van der Waals surface area contributed by atoms with Crippen LogP contribution in [0.3, 0.4) is 0 Å². The first-order valence-corrected chi connectivity index (χ1v) is 50.5. The maximum Gasteiger partial charge on any atom is -0.0544 e. The average molecular weight is 2000 g/mol. The van der Waals surface area contributed by atoms with Gasteiger partial charge in [-0.15, -0.1) is 0 Å². The van der Waals surface area contributed by atoms with E-state index in [-0.39, 0.29) is 14.5 Å². The second kappa shape index (κ2) is 40.0. The zero-order valence-electron chi connectivity index (χ0n) is 76.2. The summed E-state index contributed by atoms with van der Waals surface area (Å²) in [5.41, 5.74) is 27.5. The van der Waals surface area contributed by atoms with Crippen molar-refractivity contribution in [3.05, 3.63) is 504 Å². The molecule has 0 atom stereocenters. The fraction of sp³-hybridized carbons (Fsp3) is 0. The van der Waals surface area contributed by atoms with Crippen LogP contribution in [0.25, 0.3) is 243 Å². The largest absolute Gasteiger partial charge is 0.0617 e. The molecule has 0 radical (unpaired) electrons. The molecule has 0 aliphatic heterocycles. The molecule has 0 spiro atoms. The number of nitrogens with zero attached hydrogens (tertiary/aromatic N) is 9. The first-order valence-electron chi connectivity index (χ1n) is 46.9. The van der Waals surface area contributed by atoms with Crippen molar-refractivity contribution in [3.8, 4) is 192 Å². The molecule has 0 aliphatic rings. The van der Waals surface area contributed by atoms with Crippen molar-refractivity contribution in [1.82, 2.24) is 44.9 Å². The van der Waals surface area contributed by atoms with Crippen LogP contribution in [0, 0.1) is 0 Å². The third-order valence-electron chi connectivity index (χ3n) is 25.6. The molecule has 9 nitrogen and oxygen atoms in total. The molecule has 0 aliphatic carbocycles. The standard InChI is InChI=1S/C43H27N3Se.2C43H29N3Se/c1-3-10-28(11-4-1)30-18-21-32(22-19-30)42-44-41(31-13-5-2-6-14-31)45-43(46-42)35-24-25-39-38(27-35)37-17-9-16-36(40(37)47-39)34-23-20-29-12-7-8-15-33(29)26-34;47-40-37(24-13-25-38(40)43-45-41(30-16-6-2-7-17-30)44-42(46-43)31-18-8-3-9-19-31)34-22-12-21-32(26-34)35-27-33-20-10-11-23-36(33)39(28-35)29-14-4-1-5-15-29;47-39-20-10-19-38(40(39)37-18-9-17-35(28-37)36-26-23-30-13-7-8-16-34(30)27-36)43-45-41(32-14-5-2-6-15-32)44-42(46-43)33-24-21-31(22-25-33)29-11-3-1-4-12-29/h1-27H;2*1-28,47H. The Labute approximate surface area is 840 Å². The summed E-state index contributed by atoms with van der Waals surface area (Å²) in [5, 5.41) is 10.1. The third-order valence-corrected chi connectivity index (χ3v) is 30.0. The van der Waals surface area contributed by atoms with E-state index < -0.39 is 0 Å². The van der Waals surface area contributed by atoms with E-state index in [1.165, 1.54) is 102 Å². The Bertz CT molecular complexity index is 8850. The Balaban J connectivity index is 0.000000118. The molecule has 0 saturated heterocycles. The van der Waals surface area contributed by atoms with Crippen LogP contribution in [0.2, 0.25) is 0 Å². The average Bonchev–Trinajstić information content (AvgIpc) is 1.67. The van der Waals surface area contributed by atoms with E-state index in [2.05, 4.69) is 414 Å². The van der Waals surface area contributed by atoms with Crippen LogP contribution in [0.15, 0.2) is 504 Å². The maximum atomic E-state index is 5.11. The van der Waals surface area contributed by atoms with E-state index >= 15 is 0 Å². The van der Waals surface area contributed by atoms with Crippen molar-refractivity contribution in [2.24, 2.45) is 0 Å². The van der Waals surface area contributed by atoms with E-state index in [4.69, 9.17) is 44.9 Å². The van der Waals surface area contributed by atoms with Gasteiger partial charge in [0.05, 0.1) is 0 Å². The van der Waals surface area contributed by atoms with Crippen LogP contribution in [0.4, 0.5) is 0 Å². The smallest absolute Gasteiger partial charge is 0.0544 e. The van der Waals surface area contributed by atoms with E-state index in [1.807, 2.05) is 121 Å². The van der Waals surface area contributed by atoms with Gasteiger partial charge in [-0.25, -0.2) is 0 Å². The molecule has 25 aromatic rings. The van der Waals surface area contributed by atoms with E-state index in [9.17, 15) is 0 Å². The molecule has 0 N–H and O–H groups in total. The summed E-state index contributed by atoms with van der Waals surface area (Å²) in [5.74, 6) is 5.88. The predicted molar refractivity (Wildman–Crippen MR) is 590 cm³/mol. The van der Waals surface area contributed by atoms with Gasteiger partial charge in [-0.3, -0.25) is 0 Å². The molecule has 21 aromatic carbocycles. The molecule has 4 aromatic heterocycles. The van der Waals surface area contributed by atoms with Crippen LogP contribution < -0.4 is 8.92 Å². The molecule has 0 bridgehead atoms. The second-order valence-electron chi connectivity index (χ2n) is 34.6. The van der Waals surface area contributed by atoms with Gasteiger partial charge in [0.1, 0.15) is 0 Å². The van der Waals surface area contributed by atoms with Gasteiger partial charge in [0.25, 0.3) is 0 Å². The number of rotatable bonds is 17. The van der Waals surface area contributed by atoms with Crippen molar-refractivity contribution in [2.75, 3.05) is 0 Å². The minimum Gasteiger partial charge on any atom is -0.0617 e. The molecule has 141 heavy (non-hydrogen) atoms.